The van der Waals surface area contributed by atoms with Crippen molar-refractivity contribution in [1.29, 1.82) is 0 Å². The zero-order valence-corrected chi connectivity index (χ0v) is 21.0. The smallest absolute Gasteiger partial charge is 0.444 e. The monoisotopic (exact) mass is 639 g/mol. The number of rotatable bonds is 6. The van der Waals surface area contributed by atoms with Gasteiger partial charge in [-0.25, -0.2) is 14.2 Å². The topological polar surface area (TPSA) is 96.9 Å². The fourth-order valence-corrected chi connectivity index (χ4v) is 4.42. The van der Waals surface area contributed by atoms with Gasteiger partial charge in [0.1, 0.15) is 11.1 Å². The maximum atomic E-state index is 14.0. The van der Waals surface area contributed by atoms with Crippen LogP contribution in [0, 0.1) is 5.82 Å². The van der Waals surface area contributed by atoms with Crippen LogP contribution in [0.15, 0.2) is 41.4 Å². The summed E-state index contributed by atoms with van der Waals surface area (Å²) >= 11 is 5.89. The van der Waals surface area contributed by atoms with Crippen molar-refractivity contribution < 1.29 is 63.0 Å². The molecule has 3 rings (SSSR count). The molecular weight excluding hydrogens is 628 g/mol. The molecule has 1 saturated heterocycles. The molecule has 0 aliphatic carbocycles. The molecule has 0 radical (unpaired) electrons. The zero-order valence-electron chi connectivity index (χ0n) is 19.5. The lowest BCUT2D eigenvalue weighted by Crippen LogP contribution is -2.48. The lowest BCUT2D eigenvalue weighted by atomic mass is 10.1. The molecule has 2 unspecified atom stereocenters. The Morgan fingerprint density at radius 3 is 2.12 bits per heavy atom. The third-order valence-corrected chi connectivity index (χ3v) is 6.52. The number of hydrogen-bond donors (Lipinski definition) is 2. The predicted molar refractivity (Wildman–Crippen MR) is 122 cm³/mol. The second-order valence-corrected chi connectivity index (χ2v) is 9.49. The highest BCUT2D eigenvalue weighted by Crippen LogP contribution is 2.39. The minimum Gasteiger partial charge on any atom is -0.444 e. The Morgan fingerprint density at radius 2 is 1.61 bits per heavy atom. The van der Waals surface area contributed by atoms with Gasteiger partial charge >= 0.3 is 24.5 Å². The minimum atomic E-state index is -5.64. The van der Waals surface area contributed by atoms with Gasteiger partial charge in [-0.15, -0.1) is 0 Å². The average Bonchev–Trinajstić information content (AvgIpc) is 3.19. The van der Waals surface area contributed by atoms with Gasteiger partial charge in [-0.3, -0.25) is 9.59 Å². The molecule has 19 heteroatoms. The molecule has 2 aromatic rings. The molecule has 2 atom stereocenters. The summed E-state index contributed by atoms with van der Waals surface area (Å²) < 4.78 is 135. The van der Waals surface area contributed by atoms with E-state index < -0.39 is 82.0 Å². The number of esters is 1. The largest absolute Gasteiger partial charge is 0.490 e. The molecule has 1 heterocycles. The van der Waals surface area contributed by atoms with Crippen molar-refractivity contribution in [2.24, 2.45) is 4.99 Å². The van der Waals surface area contributed by atoms with Gasteiger partial charge in [0, 0.05) is 17.1 Å². The summed E-state index contributed by atoms with van der Waals surface area (Å²) in [6, 6.07) is 3.58. The molecule has 2 N–H and O–H groups in total. The van der Waals surface area contributed by atoms with E-state index >= 15 is 0 Å². The maximum Gasteiger partial charge on any atom is 0.490 e. The molecule has 0 bridgehead atoms. The number of aliphatic imine (C=N–C) groups is 1. The first-order valence-electron chi connectivity index (χ1n) is 10.6. The highest BCUT2D eigenvalue weighted by Gasteiger charge is 2.49. The number of thioether (sulfide) groups is 1. The van der Waals surface area contributed by atoms with Crippen molar-refractivity contribution in [2.75, 3.05) is 0 Å². The van der Waals surface area contributed by atoms with E-state index in [1.807, 2.05) is 10.6 Å². The van der Waals surface area contributed by atoms with Crippen LogP contribution in [0.1, 0.15) is 16.7 Å². The van der Waals surface area contributed by atoms with Gasteiger partial charge in [-0.05, 0) is 30.3 Å². The molecule has 41 heavy (non-hydrogen) atoms. The van der Waals surface area contributed by atoms with Gasteiger partial charge in [0.2, 0.25) is 12.0 Å². The van der Waals surface area contributed by atoms with Crippen molar-refractivity contribution in [3.8, 4) is 0 Å². The van der Waals surface area contributed by atoms with Crippen LogP contribution in [0.5, 0.6) is 0 Å². The Morgan fingerprint density at radius 1 is 1.02 bits per heavy atom. The molecule has 0 aromatic heterocycles. The number of alkyl halides is 9. The summed E-state index contributed by atoms with van der Waals surface area (Å²) in [6.07, 6.45) is -18.7. The Hall–Kier alpha value is -3.54. The third kappa shape index (κ3) is 8.02. The Balaban J connectivity index is 1.93. The Labute approximate surface area is 231 Å². The van der Waals surface area contributed by atoms with Gasteiger partial charge in [0.15, 0.2) is 5.17 Å². The van der Waals surface area contributed by atoms with Crippen LogP contribution in [-0.2, 0) is 38.0 Å². The summed E-state index contributed by atoms with van der Waals surface area (Å²) in [5.41, 5.74) is -4.78. The van der Waals surface area contributed by atoms with Crippen molar-refractivity contribution in [3.63, 3.8) is 0 Å². The number of carbonyl (C=O) groups excluding carboxylic acids is 3. The third-order valence-electron chi connectivity index (χ3n) is 5.03. The van der Waals surface area contributed by atoms with Gasteiger partial charge < -0.3 is 15.4 Å². The molecular formula is C22H12ClF10N3O4S. The summed E-state index contributed by atoms with van der Waals surface area (Å²) in [7, 11) is 0. The standard InChI is InChI=1S/C22H12ClF10N3O4S/c23-12-2-1-3-13(24)11(12)7-34-16(37)14(40-18(39)22(31,32)33)15-17(38)36-19(41-15)35-10-5-8(20(25,26)27)4-9(6-10)21(28,29)30/h1-6,14-15H,7H2,(H,34,37)(H,35,36,38). The van der Waals surface area contributed by atoms with Gasteiger partial charge in [0.05, 0.1) is 16.8 Å². The van der Waals surface area contributed by atoms with Crippen molar-refractivity contribution >= 4 is 52.0 Å². The van der Waals surface area contributed by atoms with Crippen LogP contribution < -0.4 is 10.6 Å². The van der Waals surface area contributed by atoms with Crippen LogP contribution in [0.4, 0.5) is 49.6 Å². The lowest BCUT2D eigenvalue weighted by Gasteiger charge is -2.21. The summed E-state index contributed by atoms with van der Waals surface area (Å²) in [5, 5.41) is 0.861. The van der Waals surface area contributed by atoms with Crippen LogP contribution in [0.3, 0.4) is 0 Å². The number of amides is 2. The van der Waals surface area contributed by atoms with Crippen molar-refractivity contribution in [3.05, 3.63) is 63.9 Å². The first kappa shape index (κ1) is 32.0. The van der Waals surface area contributed by atoms with Crippen molar-refractivity contribution in [1.82, 2.24) is 10.6 Å². The molecule has 0 saturated carbocycles. The van der Waals surface area contributed by atoms with Gasteiger partial charge in [0.25, 0.3) is 5.91 Å². The molecule has 0 spiro atoms. The lowest BCUT2D eigenvalue weighted by molar-refractivity contribution is -0.205. The number of nitrogens with one attached hydrogen (secondary N) is 2. The molecule has 1 aliphatic heterocycles. The van der Waals surface area contributed by atoms with E-state index in [0.717, 1.165) is 6.07 Å². The number of ether oxygens (including phenoxy) is 1. The quantitative estimate of drug-likeness (QED) is 0.320. The number of carbonyl (C=O) groups is 3. The first-order chi connectivity index (χ1) is 18.8. The van der Waals surface area contributed by atoms with Crippen LogP contribution >= 0.6 is 23.4 Å². The van der Waals surface area contributed by atoms with Gasteiger partial charge in [-0.2, -0.15) is 39.5 Å². The van der Waals surface area contributed by atoms with Crippen LogP contribution in [0.25, 0.3) is 0 Å². The van der Waals surface area contributed by atoms with Crippen LogP contribution in [0.2, 0.25) is 5.02 Å². The minimum absolute atomic E-state index is 0.0786. The highest BCUT2D eigenvalue weighted by atomic mass is 35.5. The molecule has 1 aliphatic rings. The van der Waals surface area contributed by atoms with Gasteiger partial charge in [-0.1, -0.05) is 29.4 Å². The number of amidine groups is 1. The molecule has 2 amide bonds. The SMILES string of the molecule is O=C(NCc1c(F)cccc1Cl)C(OC(=O)C(F)(F)F)C1SC(=Nc2cc(C(F)(F)F)cc(C(F)(F)F)c2)NC1=O. The number of nitrogens with zero attached hydrogens (tertiary/aromatic N) is 1. The zero-order chi connectivity index (χ0) is 30.9. The molecule has 1 fully saturated rings. The number of halogens is 11. The fourth-order valence-electron chi connectivity index (χ4n) is 3.17. The predicted octanol–water partition coefficient (Wildman–Crippen LogP) is 5.53. The fraction of sp³-hybridized carbons (Fsp3) is 0.273. The van der Waals surface area contributed by atoms with E-state index in [0.29, 0.717) is 0 Å². The number of benzene rings is 2. The second kappa shape index (κ2) is 11.8. The summed E-state index contributed by atoms with van der Waals surface area (Å²) in [5.74, 6) is -6.72. The Bertz CT molecular complexity index is 1340. The second-order valence-electron chi connectivity index (χ2n) is 7.95. The summed E-state index contributed by atoms with van der Waals surface area (Å²) in [6.45, 7) is -0.741. The first-order valence-corrected chi connectivity index (χ1v) is 11.9. The van der Waals surface area contributed by atoms with Crippen LogP contribution in [-0.4, -0.2) is 40.5 Å². The van der Waals surface area contributed by atoms with E-state index in [4.69, 9.17) is 11.6 Å². The van der Waals surface area contributed by atoms with Crippen molar-refractivity contribution in [2.45, 2.75) is 36.4 Å². The van der Waals surface area contributed by atoms with E-state index in [1.165, 1.54) is 12.1 Å². The highest BCUT2D eigenvalue weighted by molar-refractivity contribution is 8.15. The number of hydrogen-bond acceptors (Lipinski definition) is 6. The summed E-state index contributed by atoms with van der Waals surface area (Å²) in [4.78, 5) is 40.1. The van der Waals surface area contributed by atoms with E-state index in [1.54, 1.807) is 0 Å². The molecule has 222 valence electrons. The maximum absolute atomic E-state index is 14.0. The average molecular weight is 640 g/mol. The van der Waals surface area contributed by atoms with E-state index in [-0.39, 0.29) is 40.5 Å². The van der Waals surface area contributed by atoms with E-state index in [2.05, 4.69) is 9.73 Å². The Kier molecular flexibility index (Phi) is 9.17. The molecule has 2 aromatic carbocycles. The molecule has 7 nitrogen and oxygen atoms in total. The normalized spacial score (nSPS) is 17.8. The van der Waals surface area contributed by atoms with E-state index in [9.17, 15) is 58.3 Å².